The first-order valence-electron chi connectivity index (χ1n) is 7.95. The van der Waals surface area contributed by atoms with Crippen LogP contribution in [0.2, 0.25) is 0 Å². The van der Waals surface area contributed by atoms with Crippen LogP contribution in [0, 0.1) is 13.8 Å². The van der Waals surface area contributed by atoms with Crippen molar-refractivity contribution in [3.63, 3.8) is 0 Å². The Morgan fingerprint density at radius 1 is 1.42 bits per heavy atom. The third-order valence-corrected chi connectivity index (χ3v) is 5.84. The predicted molar refractivity (Wildman–Crippen MR) is 95.9 cm³/mol. The van der Waals surface area contributed by atoms with E-state index in [4.69, 9.17) is 0 Å². The van der Waals surface area contributed by atoms with E-state index in [0.29, 0.717) is 18.1 Å². The van der Waals surface area contributed by atoms with Crippen LogP contribution in [0.15, 0.2) is 12.1 Å². The lowest BCUT2D eigenvalue weighted by Crippen LogP contribution is -2.57. The highest BCUT2D eigenvalue weighted by Gasteiger charge is 2.37. The van der Waals surface area contributed by atoms with Crippen molar-refractivity contribution in [1.82, 2.24) is 20.6 Å². The number of aryl methyl sites for hydroxylation is 2. The average molecular weight is 346 g/mol. The van der Waals surface area contributed by atoms with Gasteiger partial charge in [-0.25, -0.2) is 4.98 Å². The molecule has 128 valence electrons. The predicted octanol–water partition coefficient (Wildman–Crippen LogP) is 1.81. The fourth-order valence-corrected chi connectivity index (χ4v) is 3.62. The molecule has 7 heteroatoms. The second kappa shape index (κ2) is 6.12. The number of imidazole rings is 1. The number of carbonyl (C=O) groups excluding carboxylic acids is 2. The van der Waals surface area contributed by atoms with Gasteiger partial charge in [-0.15, -0.1) is 11.8 Å². The number of aromatic amines is 1. The van der Waals surface area contributed by atoms with E-state index in [1.807, 2.05) is 26.8 Å². The van der Waals surface area contributed by atoms with Gasteiger partial charge < -0.3 is 15.6 Å². The third-order valence-electron chi connectivity index (χ3n) is 4.44. The Hall–Kier alpha value is -2.02. The standard InChI is InChI=1S/C17H22N4O2S/c1-9-5-6-11-14(10(9)2)21-13(19-11)7-18-15(22)12-8-24-17(3,4)16(23)20-12/h5-6,12H,7-8H2,1-4H3,(H,18,22)(H,19,21)(H,20,23)/t12-/m1/s1. The SMILES string of the molecule is Cc1ccc2[nH]c(CNC(=O)[C@H]3CSC(C)(C)C(=O)N3)nc2c1C. The summed E-state index contributed by atoms with van der Waals surface area (Å²) in [6, 6.07) is 3.55. The molecule has 0 saturated carbocycles. The Kier molecular flexibility index (Phi) is 4.29. The fourth-order valence-electron chi connectivity index (χ4n) is 2.61. The van der Waals surface area contributed by atoms with Gasteiger partial charge in [0.2, 0.25) is 11.8 Å². The molecule has 1 aromatic heterocycles. The second-order valence-electron chi connectivity index (χ2n) is 6.65. The number of amides is 2. The summed E-state index contributed by atoms with van der Waals surface area (Å²) >= 11 is 1.50. The van der Waals surface area contributed by atoms with Gasteiger partial charge in [-0.05, 0) is 44.9 Å². The maximum atomic E-state index is 12.3. The molecule has 1 aliphatic heterocycles. The molecule has 6 nitrogen and oxygen atoms in total. The minimum Gasteiger partial charge on any atom is -0.347 e. The maximum absolute atomic E-state index is 12.3. The number of carbonyl (C=O) groups is 2. The van der Waals surface area contributed by atoms with Crippen molar-refractivity contribution in [3.8, 4) is 0 Å². The van der Waals surface area contributed by atoms with Gasteiger partial charge in [0.25, 0.3) is 0 Å². The molecule has 0 spiro atoms. The van der Waals surface area contributed by atoms with Crippen LogP contribution in [-0.4, -0.2) is 38.3 Å². The number of benzene rings is 1. The highest BCUT2D eigenvalue weighted by Crippen LogP contribution is 2.29. The highest BCUT2D eigenvalue weighted by molar-refractivity contribution is 8.01. The molecule has 1 atom stereocenters. The van der Waals surface area contributed by atoms with Crippen molar-refractivity contribution < 1.29 is 9.59 Å². The summed E-state index contributed by atoms with van der Waals surface area (Å²) in [6.45, 7) is 8.12. The van der Waals surface area contributed by atoms with Crippen LogP contribution >= 0.6 is 11.8 Å². The number of hydrogen-bond donors (Lipinski definition) is 3. The summed E-state index contributed by atoms with van der Waals surface area (Å²) in [4.78, 5) is 32.0. The minimum absolute atomic E-state index is 0.103. The van der Waals surface area contributed by atoms with Crippen LogP contribution in [0.25, 0.3) is 11.0 Å². The number of fused-ring (bicyclic) bond motifs is 1. The van der Waals surface area contributed by atoms with Crippen molar-refractivity contribution in [2.75, 3.05) is 5.75 Å². The maximum Gasteiger partial charge on any atom is 0.243 e. The van der Waals surface area contributed by atoms with E-state index in [0.717, 1.165) is 16.6 Å². The van der Waals surface area contributed by atoms with Crippen molar-refractivity contribution >= 4 is 34.6 Å². The van der Waals surface area contributed by atoms with E-state index in [1.54, 1.807) is 0 Å². The zero-order valence-electron chi connectivity index (χ0n) is 14.3. The quantitative estimate of drug-likeness (QED) is 0.791. The van der Waals surface area contributed by atoms with Crippen LogP contribution in [0.4, 0.5) is 0 Å². The molecule has 2 heterocycles. The smallest absolute Gasteiger partial charge is 0.243 e. The van der Waals surface area contributed by atoms with Crippen LogP contribution < -0.4 is 10.6 Å². The van der Waals surface area contributed by atoms with E-state index in [2.05, 4.69) is 33.6 Å². The van der Waals surface area contributed by atoms with Gasteiger partial charge in [0, 0.05) is 5.75 Å². The number of aromatic nitrogens is 2. The van der Waals surface area contributed by atoms with Gasteiger partial charge in [0.15, 0.2) is 0 Å². The summed E-state index contributed by atoms with van der Waals surface area (Å²) in [7, 11) is 0. The Morgan fingerprint density at radius 2 is 2.17 bits per heavy atom. The van der Waals surface area contributed by atoms with Gasteiger partial charge in [0.1, 0.15) is 11.9 Å². The highest BCUT2D eigenvalue weighted by atomic mass is 32.2. The molecule has 0 aliphatic carbocycles. The molecular weight excluding hydrogens is 324 g/mol. The third kappa shape index (κ3) is 3.13. The van der Waals surface area contributed by atoms with E-state index in [-0.39, 0.29) is 11.8 Å². The average Bonchev–Trinajstić information content (AvgIpc) is 2.95. The Bertz CT molecular complexity index is 812. The van der Waals surface area contributed by atoms with Crippen molar-refractivity contribution in [2.45, 2.75) is 45.0 Å². The largest absolute Gasteiger partial charge is 0.347 e. The number of hydrogen-bond acceptors (Lipinski definition) is 4. The van der Waals surface area contributed by atoms with Crippen molar-refractivity contribution in [3.05, 3.63) is 29.1 Å². The molecule has 1 fully saturated rings. The number of nitrogens with zero attached hydrogens (tertiary/aromatic N) is 1. The summed E-state index contributed by atoms with van der Waals surface area (Å²) in [5.74, 6) is 0.999. The molecular formula is C17H22N4O2S. The van der Waals surface area contributed by atoms with E-state index in [9.17, 15) is 9.59 Å². The monoisotopic (exact) mass is 346 g/mol. The Balaban J connectivity index is 1.65. The molecule has 1 aliphatic rings. The first-order valence-corrected chi connectivity index (χ1v) is 8.94. The number of nitrogens with one attached hydrogen (secondary N) is 3. The van der Waals surface area contributed by atoms with Gasteiger partial charge in [-0.3, -0.25) is 9.59 Å². The van der Waals surface area contributed by atoms with Crippen LogP contribution in [0.3, 0.4) is 0 Å². The number of H-pyrrole nitrogens is 1. The van der Waals surface area contributed by atoms with Crippen molar-refractivity contribution in [1.29, 1.82) is 0 Å². The van der Waals surface area contributed by atoms with Crippen LogP contribution in [0.1, 0.15) is 30.8 Å². The zero-order valence-corrected chi connectivity index (χ0v) is 15.1. The Labute approximate surface area is 145 Å². The lowest BCUT2D eigenvalue weighted by molar-refractivity contribution is -0.129. The van der Waals surface area contributed by atoms with E-state index >= 15 is 0 Å². The summed E-state index contributed by atoms with van der Waals surface area (Å²) in [5.41, 5.74) is 4.22. The number of thioether (sulfide) groups is 1. The fraction of sp³-hybridized carbons (Fsp3) is 0.471. The van der Waals surface area contributed by atoms with Crippen LogP contribution in [-0.2, 0) is 16.1 Å². The number of rotatable bonds is 3. The molecule has 1 saturated heterocycles. The van der Waals surface area contributed by atoms with E-state index < -0.39 is 10.8 Å². The zero-order chi connectivity index (χ0) is 17.5. The molecule has 3 rings (SSSR count). The lowest BCUT2D eigenvalue weighted by atomic mass is 10.1. The first kappa shape index (κ1) is 16.8. The molecule has 2 aromatic rings. The van der Waals surface area contributed by atoms with Gasteiger partial charge in [0.05, 0.1) is 22.3 Å². The Morgan fingerprint density at radius 3 is 2.88 bits per heavy atom. The van der Waals surface area contributed by atoms with Crippen LogP contribution in [0.5, 0.6) is 0 Å². The van der Waals surface area contributed by atoms with E-state index in [1.165, 1.54) is 17.3 Å². The molecule has 0 unspecified atom stereocenters. The molecule has 0 radical (unpaired) electrons. The molecule has 0 bridgehead atoms. The summed E-state index contributed by atoms with van der Waals surface area (Å²) in [6.07, 6.45) is 0. The minimum atomic E-state index is -0.496. The molecule has 2 amide bonds. The molecule has 3 N–H and O–H groups in total. The molecule has 1 aromatic carbocycles. The van der Waals surface area contributed by atoms with Gasteiger partial charge in [-0.1, -0.05) is 6.07 Å². The first-order chi connectivity index (χ1) is 11.3. The topological polar surface area (TPSA) is 86.9 Å². The molecule has 24 heavy (non-hydrogen) atoms. The summed E-state index contributed by atoms with van der Waals surface area (Å²) in [5, 5.41) is 5.63. The summed E-state index contributed by atoms with van der Waals surface area (Å²) < 4.78 is -0.481. The normalized spacial score (nSPS) is 20.0. The lowest BCUT2D eigenvalue weighted by Gasteiger charge is -2.32. The van der Waals surface area contributed by atoms with Gasteiger partial charge in [-0.2, -0.15) is 0 Å². The van der Waals surface area contributed by atoms with Gasteiger partial charge >= 0.3 is 0 Å². The van der Waals surface area contributed by atoms with Crippen molar-refractivity contribution in [2.24, 2.45) is 0 Å². The second-order valence-corrected chi connectivity index (χ2v) is 8.29.